The molecule has 1 amide bonds. The van der Waals surface area contributed by atoms with Crippen LogP contribution in [-0.4, -0.2) is 41.3 Å². The van der Waals surface area contributed by atoms with E-state index in [0.29, 0.717) is 29.5 Å². The summed E-state index contributed by atoms with van der Waals surface area (Å²) in [5.41, 5.74) is 0.436. The number of ether oxygens (including phenoxy) is 2. The molecule has 2 N–H and O–H groups in total. The zero-order valence-electron chi connectivity index (χ0n) is 16.1. The summed E-state index contributed by atoms with van der Waals surface area (Å²) in [5, 5.41) is 10.6. The number of aromatic amines is 1. The van der Waals surface area contributed by atoms with Gasteiger partial charge in [0, 0.05) is 18.4 Å². The second kappa shape index (κ2) is 10.7. The topological polar surface area (TPSA) is 106 Å². The summed E-state index contributed by atoms with van der Waals surface area (Å²) in [4.78, 5) is 26.5. The number of rotatable bonds is 10. The number of aromatic nitrogens is 3. The maximum atomic E-state index is 12.3. The third-order valence-electron chi connectivity index (χ3n) is 3.93. The first-order chi connectivity index (χ1) is 13.6. The molecule has 0 atom stereocenters. The molecular formula is C20H24N4O4. The lowest BCUT2D eigenvalue weighted by molar-refractivity contribution is -0.120. The van der Waals surface area contributed by atoms with Gasteiger partial charge in [0.2, 0.25) is 5.91 Å². The number of unbranched alkanes of at least 4 members (excludes halogenated alkanes) is 1. The van der Waals surface area contributed by atoms with E-state index in [1.165, 1.54) is 0 Å². The highest BCUT2D eigenvalue weighted by atomic mass is 16.5. The van der Waals surface area contributed by atoms with Crippen LogP contribution in [-0.2, 0) is 11.2 Å². The van der Waals surface area contributed by atoms with Gasteiger partial charge in [-0.2, -0.15) is 0 Å². The summed E-state index contributed by atoms with van der Waals surface area (Å²) in [5.74, 6) is 3.56. The first-order valence-corrected chi connectivity index (χ1v) is 9.06. The van der Waals surface area contributed by atoms with Gasteiger partial charge in [-0.05, 0) is 24.6 Å². The number of carbonyl (C=O) groups is 1. The van der Waals surface area contributed by atoms with Crippen molar-refractivity contribution in [3.05, 3.63) is 34.2 Å². The smallest absolute Gasteiger partial charge is 0.273 e. The molecule has 1 heterocycles. The third kappa shape index (κ3) is 5.84. The fraction of sp³-hybridized carbons (Fsp3) is 0.400. The van der Waals surface area contributed by atoms with E-state index in [2.05, 4.69) is 33.3 Å². The first-order valence-electron chi connectivity index (χ1n) is 9.06. The van der Waals surface area contributed by atoms with Gasteiger partial charge in [0.1, 0.15) is 5.69 Å². The van der Waals surface area contributed by atoms with Gasteiger partial charge in [-0.25, -0.2) is 0 Å². The Balaban J connectivity index is 2.11. The maximum absolute atomic E-state index is 12.3. The van der Waals surface area contributed by atoms with E-state index >= 15 is 0 Å². The van der Waals surface area contributed by atoms with Crippen molar-refractivity contribution >= 4 is 5.91 Å². The van der Waals surface area contributed by atoms with Crippen LogP contribution < -0.4 is 20.3 Å². The highest BCUT2D eigenvalue weighted by Crippen LogP contribution is 2.31. The molecule has 0 spiro atoms. The quantitative estimate of drug-likeness (QED) is 0.477. The van der Waals surface area contributed by atoms with Crippen LogP contribution in [0.15, 0.2) is 23.0 Å². The van der Waals surface area contributed by atoms with Crippen LogP contribution >= 0.6 is 0 Å². The Hall–Kier alpha value is -3.34. The van der Waals surface area contributed by atoms with Gasteiger partial charge in [-0.1, -0.05) is 19.3 Å². The van der Waals surface area contributed by atoms with Crippen LogP contribution in [0.2, 0.25) is 0 Å². The molecule has 0 fully saturated rings. The average molecular weight is 384 g/mol. The Morgan fingerprint density at radius 3 is 2.82 bits per heavy atom. The lowest BCUT2D eigenvalue weighted by atomic mass is 10.2. The summed E-state index contributed by atoms with van der Waals surface area (Å²) < 4.78 is 11.1. The highest BCUT2D eigenvalue weighted by Gasteiger charge is 2.12. The number of terminal acetylenes is 1. The molecule has 0 radical (unpaired) electrons. The molecule has 8 nitrogen and oxygen atoms in total. The molecule has 0 saturated heterocycles. The molecule has 2 rings (SSSR count). The Morgan fingerprint density at radius 1 is 1.32 bits per heavy atom. The van der Waals surface area contributed by atoms with Crippen LogP contribution in [0.3, 0.4) is 0 Å². The van der Waals surface area contributed by atoms with Crippen LogP contribution in [0.5, 0.6) is 11.5 Å². The molecule has 0 aliphatic heterocycles. The molecule has 0 aliphatic carbocycles. The Bertz CT molecular complexity index is 902. The number of H-pyrrole nitrogens is 1. The van der Waals surface area contributed by atoms with E-state index in [-0.39, 0.29) is 31.0 Å². The molecule has 0 unspecified atom stereocenters. The van der Waals surface area contributed by atoms with E-state index in [9.17, 15) is 9.59 Å². The Labute approximate surface area is 163 Å². The van der Waals surface area contributed by atoms with Gasteiger partial charge < -0.3 is 19.8 Å². The van der Waals surface area contributed by atoms with Crippen molar-refractivity contribution in [2.45, 2.75) is 32.6 Å². The van der Waals surface area contributed by atoms with Crippen molar-refractivity contribution in [3.8, 4) is 35.2 Å². The predicted molar refractivity (Wildman–Crippen MR) is 105 cm³/mol. The van der Waals surface area contributed by atoms with Crippen molar-refractivity contribution in [2.24, 2.45) is 0 Å². The number of hydrogen-bond donors (Lipinski definition) is 2. The molecule has 1 aromatic carbocycles. The third-order valence-corrected chi connectivity index (χ3v) is 3.93. The number of hydrogen-bond acceptors (Lipinski definition) is 6. The van der Waals surface area contributed by atoms with Crippen molar-refractivity contribution in [3.63, 3.8) is 0 Å². The average Bonchev–Trinajstić information content (AvgIpc) is 2.71. The lowest BCUT2D eigenvalue weighted by Gasteiger charge is -2.11. The summed E-state index contributed by atoms with van der Waals surface area (Å²) in [6.07, 6.45) is 7.35. The van der Waals surface area contributed by atoms with Crippen LogP contribution in [0.25, 0.3) is 11.4 Å². The molecule has 8 heteroatoms. The van der Waals surface area contributed by atoms with E-state index in [4.69, 9.17) is 15.9 Å². The van der Waals surface area contributed by atoms with Crippen LogP contribution in [0, 0.1) is 12.3 Å². The van der Waals surface area contributed by atoms with E-state index in [1.807, 2.05) is 0 Å². The van der Waals surface area contributed by atoms with Gasteiger partial charge >= 0.3 is 0 Å². The largest absolute Gasteiger partial charge is 0.493 e. The van der Waals surface area contributed by atoms with E-state index in [0.717, 1.165) is 12.8 Å². The van der Waals surface area contributed by atoms with Gasteiger partial charge in [-0.3, -0.25) is 9.59 Å². The second-order valence-electron chi connectivity index (χ2n) is 6.00. The van der Waals surface area contributed by atoms with E-state index < -0.39 is 5.56 Å². The number of benzene rings is 1. The lowest BCUT2D eigenvalue weighted by Crippen LogP contribution is -2.25. The second-order valence-corrected chi connectivity index (χ2v) is 6.00. The SMILES string of the molecule is C#CCNC(=O)CCc1nnc(-c2ccc(OCCCC)c(OC)c2)[nH]c1=O. The van der Waals surface area contributed by atoms with Gasteiger partial charge in [0.05, 0.1) is 20.3 Å². The minimum atomic E-state index is -0.392. The maximum Gasteiger partial charge on any atom is 0.273 e. The van der Waals surface area contributed by atoms with Crippen LogP contribution in [0.4, 0.5) is 0 Å². The van der Waals surface area contributed by atoms with Crippen molar-refractivity contribution in [1.82, 2.24) is 20.5 Å². The predicted octanol–water partition coefficient (Wildman–Crippen LogP) is 1.70. The number of aryl methyl sites for hydroxylation is 1. The normalized spacial score (nSPS) is 10.2. The van der Waals surface area contributed by atoms with E-state index in [1.54, 1.807) is 25.3 Å². The molecule has 28 heavy (non-hydrogen) atoms. The number of nitrogens with one attached hydrogen (secondary N) is 2. The van der Waals surface area contributed by atoms with Gasteiger partial charge in [-0.15, -0.1) is 16.6 Å². The number of methoxy groups -OCH3 is 1. The van der Waals surface area contributed by atoms with Crippen molar-refractivity contribution in [2.75, 3.05) is 20.3 Å². The summed E-state index contributed by atoms with van der Waals surface area (Å²) in [6.45, 7) is 2.85. The molecule has 2 aromatic rings. The fourth-order valence-electron chi connectivity index (χ4n) is 2.38. The monoisotopic (exact) mass is 384 g/mol. The number of amides is 1. The number of nitrogens with zero attached hydrogens (tertiary/aromatic N) is 2. The standard InChI is InChI=1S/C20H24N4O4/c1-4-6-12-28-16-9-7-14(13-17(16)27-3)19-22-20(26)15(23-24-19)8-10-18(25)21-11-5-2/h2,7,9,13H,4,6,8,10-12H2,1,3H3,(H,21,25)(H,22,24,26). The van der Waals surface area contributed by atoms with Gasteiger partial charge in [0.25, 0.3) is 5.56 Å². The molecule has 0 aliphatic rings. The molecule has 0 bridgehead atoms. The first kappa shape index (κ1) is 21.0. The fourth-order valence-corrected chi connectivity index (χ4v) is 2.38. The summed E-state index contributed by atoms with van der Waals surface area (Å²) in [6, 6.07) is 5.28. The van der Waals surface area contributed by atoms with Gasteiger partial charge in [0.15, 0.2) is 17.3 Å². The van der Waals surface area contributed by atoms with Crippen molar-refractivity contribution in [1.29, 1.82) is 0 Å². The van der Waals surface area contributed by atoms with Crippen molar-refractivity contribution < 1.29 is 14.3 Å². The molecule has 148 valence electrons. The minimum Gasteiger partial charge on any atom is -0.493 e. The summed E-state index contributed by atoms with van der Waals surface area (Å²) in [7, 11) is 1.55. The Kier molecular flexibility index (Phi) is 8.03. The molecule has 1 aromatic heterocycles. The number of carbonyl (C=O) groups excluding carboxylic acids is 1. The zero-order valence-corrected chi connectivity index (χ0v) is 16.1. The summed E-state index contributed by atoms with van der Waals surface area (Å²) >= 11 is 0. The Morgan fingerprint density at radius 2 is 2.14 bits per heavy atom. The van der Waals surface area contributed by atoms with Crippen LogP contribution in [0.1, 0.15) is 31.9 Å². The zero-order chi connectivity index (χ0) is 20.4. The minimum absolute atomic E-state index is 0.108. The highest BCUT2D eigenvalue weighted by molar-refractivity contribution is 5.76. The molecular weight excluding hydrogens is 360 g/mol. The molecule has 0 saturated carbocycles.